The average molecular weight is 515 g/mol. The molecule has 1 spiro atoms. The number of amides is 3. The molecule has 3 heterocycles. The lowest BCUT2D eigenvalue weighted by molar-refractivity contribution is -0.148. The number of anilines is 2. The quantitative estimate of drug-likeness (QED) is 0.419. The Morgan fingerprint density at radius 2 is 1.81 bits per heavy atom. The lowest BCUT2D eigenvalue weighted by Gasteiger charge is -2.36. The fourth-order valence-corrected chi connectivity index (χ4v) is 6.83. The van der Waals surface area contributed by atoms with E-state index in [-0.39, 0.29) is 24.3 Å². The molecule has 3 fully saturated rings. The van der Waals surface area contributed by atoms with Gasteiger partial charge in [-0.3, -0.25) is 14.4 Å². The third-order valence-electron chi connectivity index (χ3n) is 8.70. The number of carbonyl (C=O) groups is 3. The normalized spacial score (nSPS) is 30.8. The first-order valence-electron chi connectivity index (χ1n) is 13.8. The fourth-order valence-electron chi connectivity index (χ4n) is 6.83. The van der Waals surface area contributed by atoms with Crippen molar-refractivity contribution in [1.82, 2.24) is 10.2 Å². The van der Waals surface area contributed by atoms with Crippen molar-refractivity contribution in [3.05, 3.63) is 24.3 Å². The molecule has 0 radical (unpaired) electrons. The first-order valence-corrected chi connectivity index (χ1v) is 13.8. The maximum Gasteiger partial charge on any atom is 0.250 e. The van der Waals surface area contributed by atoms with E-state index in [9.17, 15) is 19.5 Å². The van der Waals surface area contributed by atoms with Crippen molar-refractivity contribution < 1.29 is 24.2 Å². The Morgan fingerprint density at radius 3 is 2.38 bits per heavy atom. The molecular formula is C28H42N4O5. The lowest BCUT2D eigenvalue weighted by Crippen LogP contribution is -2.55. The largest absolute Gasteiger partial charge is 0.394 e. The second kappa shape index (κ2) is 10.6. The third kappa shape index (κ3) is 4.30. The molecule has 3 saturated heterocycles. The Balaban J connectivity index is 1.68. The van der Waals surface area contributed by atoms with E-state index in [4.69, 9.17) is 4.74 Å². The molecule has 6 atom stereocenters. The maximum absolute atomic E-state index is 13.9. The minimum absolute atomic E-state index is 0.187. The number of nitrogens with zero attached hydrogens (tertiary/aromatic N) is 2. The van der Waals surface area contributed by atoms with Crippen molar-refractivity contribution in [2.75, 3.05) is 36.5 Å². The van der Waals surface area contributed by atoms with Gasteiger partial charge in [0.05, 0.1) is 30.1 Å². The van der Waals surface area contributed by atoms with Gasteiger partial charge in [-0.1, -0.05) is 13.8 Å². The third-order valence-corrected chi connectivity index (χ3v) is 8.70. The Hall–Kier alpha value is -2.65. The molecule has 1 aromatic carbocycles. The lowest BCUT2D eigenvalue weighted by atomic mass is 9.65. The van der Waals surface area contributed by atoms with Crippen LogP contribution in [0.2, 0.25) is 0 Å². The molecule has 3 amide bonds. The number of ether oxygens (including phenoxy) is 1. The molecular weight excluding hydrogens is 472 g/mol. The van der Waals surface area contributed by atoms with Gasteiger partial charge in [0, 0.05) is 31.0 Å². The number of rotatable bonds is 11. The van der Waals surface area contributed by atoms with Crippen molar-refractivity contribution in [2.24, 2.45) is 11.8 Å². The van der Waals surface area contributed by atoms with Crippen LogP contribution >= 0.6 is 0 Å². The molecule has 4 rings (SSSR count). The first kappa shape index (κ1) is 27.4. The van der Waals surface area contributed by atoms with Gasteiger partial charge in [-0.15, -0.1) is 0 Å². The van der Waals surface area contributed by atoms with Crippen LogP contribution in [-0.4, -0.2) is 77.3 Å². The Bertz CT molecular complexity index is 1010. The molecule has 9 heteroatoms. The van der Waals surface area contributed by atoms with E-state index in [1.807, 2.05) is 38.1 Å². The number of aliphatic hydroxyl groups excluding tert-OH is 1. The van der Waals surface area contributed by atoms with Gasteiger partial charge in [0.1, 0.15) is 11.6 Å². The van der Waals surface area contributed by atoms with Crippen LogP contribution in [0.15, 0.2) is 24.3 Å². The standard InChI is InChI=1S/C28H42N4O5/c1-6-16-29-24(34)21-22-26(36)32(18(5)17-33)23(28(22)15-14-27(21,7-2)37-28)25(35)30-19-10-12-20(13-11-19)31(8-3)9-4/h10-13,18,21-23,33H,6-9,14-17H2,1-5H3,(H,29,34)(H,30,35)/t18-,21-,22+,23?,27+,28?/m1/s1. The van der Waals surface area contributed by atoms with Crippen molar-refractivity contribution in [3.63, 3.8) is 0 Å². The van der Waals surface area contributed by atoms with E-state index in [0.29, 0.717) is 31.5 Å². The number of fused-ring (bicyclic) bond motifs is 1. The van der Waals surface area contributed by atoms with Crippen LogP contribution in [0, 0.1) is 11.8 Å². The number of hydrogen-bond acceptors (Lipinski definition) is 6. The topological polar surface area (TPSA) is 111 Å². The molecule has 2 unspecified atom stereocenters. The molecule has 0 aliphatic carbocycles. The molecule has 1 aromatic rings. The molecule has 37 heavy (non-hydrogen) atoms. The monoisotopic (exact) mass is 514 g/mol. The van der Waals surface area contributed by atoms with Crippen LogP contribution in [0.1, 0.15) is 60.3 Å². The second-order valence-electron chi connectivity index (χ2n) is 10.6. The van der Waals surface area contributed by atoms with E-state index in [2.05, 4.69) is 29.4 Å². The average Bonchev–Trinajstić information content (AvgIpc) is 3.52. The summed E-state index contributed by atoms with van der Waals surface area (Å²) in [7, 11) is 0. The minimum Gasteiger partial charge on any atom is -0.394 e. The van der Waals surface area contributed by atoms with Crippen LogP contribution in [0.4, 0.5) is 11.4 Å². The molecule has 9 nitrogen and oxygen atoms in total. The SMILES string of the molecule is CCCNC(=O)[C@H]1[C@H]2C(=O)N([C@H](C)CO)C(C(=O)Nc3ccc(N(CC)CC)cc3)C23CC[C@]1(CC)O3. The Morgan fingerprint density at radius 1 is 1.14 bits per heavy atom. The molecule has 204 valence electrons. The summed E-state index contributed by atoms with van der Waals surface area (Å²) < 4.78 is 6.71. The summed E-state index contributed by atoms with van der Waals surface area (Å²) in [5.74, 6) is -2.25. The van der Waals surface area contributed by atoms with Crippen LogP contribution in [0.5, 0.6) is 0 Å². The Kier molecular flexibility index (Phi) is 7.85. The predicted molar refractivity (Wildman–Crippen MR) is 142 cm³/mol. The van der Waals surface area contributed by atoms with Crippen molar-refractivity contribution in [3.8, 4) is 0 Å². The van der Waals surface area contributed by atoms with Gasteiger partial charge in [-0.05, 0) is 70.7 Å². The molecule has 2 bridgehead atoms. The summed E-state index contributed by atoms with van der Waals surface area (Å²) in [5.41, 5.74) is -0.177. The van der Waals surface area contributed by atoms with Crippen LogP contribution in [-0.2, 0) is 19.1 Å². The number of likely N-dealkylation sites (tertiary alicyclic amines) is 1. The van der Waals surface area contributed by atoms with Crippen molar-refractivity contribution in [1.29, 1.82) is 0 Å². The van der Waals surface area contributed by atoms with Gasteiger partial charge in [-0.2, -0.15) is 0 Å². The van der Waals surface area contributed by atoms with Gasteiger partial charge in [0.2, 0.25) is 17.7 Å². The van der Waals surface area contributed by atoms with Gasteiger partial charge >= 0.3 is 0 Å². The summed E-state index contributed by atoms with van der Waals surface area (Å²) >= 11 is 0. The van der Waals surface area contributed by atoms with E-state index < -0.39 is 35.1 Å². The molecule has 3 aliphatic heterocycles. The van der Waals surface area contributed by atoms with Gasteiger partial charge in [0.25, 0.3) is 0 Å². The number of carbonyl (C=O) groups excluding carboxylic acids is 3. The summed E-state index contributed by atoms with van der Waals surface area (Å²) in [6.07, 6.45) is 2.50. The second-order valence-corrected chi connectivity index (χ2v) is 10.6. The molecule has 0 aromatic heterocycles. The fraction of sp³-hybridized carbons (Fsp3) is 0.679. The number of hydrogen-bond donors (Lipinski definition) is 3. The maximum atomic E-state index is 13.9. The van der Waals surface area contributed by atoms with E-state index in [1.54, 1.807) is 6.92 Å². The molecule has 3 aliphatic rings. The molecule has 3 N–H and O–H groups in total. The van der Waals surface area contributed by atoms with Gasteiger partial charge < -0.3 is 30.3 Å². The first-order chi connectivity index (χ1) is 17.7. The number of benzene rings is 1. The van der Waals surface area contributed by atoms with E-state index in [0.717, 1.165) is 25.2 Å². The van der Waals surface area contributed by atoms with Gasteiger partial charge in [-0.25, -0.2) is 0 Å². The highest BCUT2D eigenvalue weighted by Crippen LogP contribution is 2.64. The summed E-state index contributed by atoms with van der Waals surface area (Å²) in [6.45, 7) is 11.9. The van der Waals surface area contributed by atoms with Gasteiger partial charge in [0.15, 0.2) is 0 Å². The highest BCUT2D eigenvalue weighted by atomic mass is 16.5. The van der Waals surface area contributed by atoms with E-state index in [1.165, 1.54) is 4.90 Å². The summed E-state index contributed by atoms with van der Waals surface area (Å²) in [6, 6.07) is 6.13. The number of aliphatic hydroxyl groups is 1. The van der Waals surface area contributed by atoms with Crippen LogP contribution < -0.4 is 15.5 Å². The van der Waals surface area contributed by atoms with Crippen LogP contribution in [0.25, 0.3) is 0 Å². The van der Waals surface area contributed by atoms with Crippen molar-refractivity contribution >= 4 is 29.1 Å². The van der Waals surface area contributed by atoms with Crippen LogP contribution in [0.3, 0.4) is 0 Å². The molecule has 0 saturated carbocycles. The number of nitrogens with one attached hydrogen (secondary N) is 2. The highest BCUT2D eigenvalue weighted by Gasteiger charge is 2.78. The predicted octanol–water partition coefficient (Wildman–Crippen LogP) is 2.53. The smallest absolute Gasteiger partial charge is 0.250 e. The zero-order valence-corrected chi connectivity index (χ0v) is 22.8. The summed E-state index contributed by atoms with van der Waals surface area (Å²) in [4.78, 5) is 44.9. The Labute approximate surface area is 219 Å². The van der Waals surface area contributed by atoms with E-state index >= 15 is 0 Å². The zero-order valence-electron chi connectivity index (χ0n) is 22.8. The minimum atomic E-state index is -1.10. The summed E-state index contributed by atoms with van der Waals surface area (Å²) in [5, 5.41) is 16.0. The highest BCUT2D eigenvalue weighted by molar-refractivity contribution is 6.04. The van der Waals surface area contributed by atoms with Crippen molar-refractivity contribution in [2.45, 2.75) is 83.6 Å². The zero-order chi connectivity index (χ0) is 27.0.